The number of hydrogen-bond donors (Lipinski definition) is 1. The predicted molar refractivity (Wildman–Crippen MR) is 37.1 cm³/mol. The highest BCUT2D eigenvalue weighted by atomic mass is 15.0. The number of nitrogens with zero attached hydrogens (tertiary/aromatic N) is 1. The molecule has 0 saturated heterocycles. The van der Waals surface area contributed by atoms with Crippen LogP contribution in [0.2, 0.25) is 0 Å². The molecule has 0 saturated carbocycles. The Morgan fingerprint density at radius 3 is 2.88 bits per heavy atom. The van der Waals surface area contributed by atoms with E-state index in [-0.39, 0.29) is 6.54 Å². The van der Waals surface area contributed by atoms with Crippen LogP contribution in [0.4, 0.5) is 0 Å². The molecule has 0 radical (unpaired) electrons. The summed E-state index contributed by atoms with van der Waals surface area (Å²) >= 11 is 0. The average molecular weight is 122 g/mol. The second kappa shape index (κ2) is 5.06. The first-order chi connectivity index (χ1) is 6.19. The Morgan fingerprint density at radius 2 is 2.38 bits per heavy atom. The topological polar surface area (TPSA) is 15.3 Å². The summed E-state index contributed by atoms with van der Waals surface area (Å²) in [7, 11) is 1.73. The van der Waals surface area contributed by atoms with Crippen LogP contribution >= 0.6 is 0 Å². The Labute approximate surface area is 60.3 Å². The monoisotopic (exact) mass is 122 g/mol. The minimum atomic E-state index is -2.56. The molecule has 0 amide bonds. The molecule has 1 N–H and O–H groups in total. The first-order valence-electron chi connectivity index (χ1n) is 5.62. The van der Waals surface area contributed by atoms with E-state index in [4.69, 9.17) is 8.22 Å². The maximum Gasteiger partial charge on any atom is 0.0394 e. The summed E-state index contributed by atoms with van der Waals surface area (Å²) < 4.78 is 42.4. The van der Waals surface area contributed by atoms with E-state index in [2.05, 4.69) is 5.32 Å². The highest BCUT2D eigenvalue weighted by Gasteiger charge is 1.85. The van der Waals surface area contributed by atoms with E-state index in [0.717, 1.165) is 0 Å². The molecule has 0 aromatic heterocycles. The molecule has 0 heterocycles. The molecule has 0 unspecified atom stereocenters. The summed E-state index contributed by atoms with van der Waals surface area (Å²) in [6.07, 6.45) is 0.493. The molecule has 0 aliphatic heterocycles. The third-order valence-corrected chi connectivity index (χ3v) is 0.808. The lowest BCUT2D eigenvalue weighted by Gasteiger charge is -2.07. The molecule has 2 heteroatoms. The van der Waals surface area contributed by atoms with Gasteiger partial charge in [0.15, 0.2) is 0 Å². The lowest BCUT2D eigenvalue weighted by Crippen LogP contribution is -2.18. The Bertz CT molecular complexity index is 149. The molecule has 0 aliphatic rings. The molecule has 0 fully saturated rings. The normalized spacial score (nSPS) is 24.8. The van der Waals surface area contributed by atoms with Crippen molar-refractivity contribution in [1.29, 1.82) is 0 Å². The lowest BCUT2D eigenvalue weighted by molar-refractivity contribution is 0.397. The van der Waals surface area contributed by atoms with E-state index in [0.29, 0.717) is 17.9 Å². The zero-order valence-corrected chi connectivity index (χ0v) is 5.07. The van der Waals surface area contributed by atoms with Gasteiger partial charge in [0.05, 0.1) is 0 Å². The van der Waals surface area contributed by atoms with Gasteiger partial charge in [0.2, 0.25) is 0 Å². The van der Waals surface area contributed by atoms with E-state index in [1.165, 1.54) is 0 Å². The first-order valence-corrected chi connectivity index (χ1v) is 2.62. The minimum Gasteiger partial charge on any atom is -0.320 e. The molecule has 0 aromatic rings. The molecule has 0 aromatic carbocycles. The van der Waals surface area contributed by atoms with E-state index in [9.17, 15) is 0 Å². The number of rotatable bonds is 4. The third kappa shape index (κ3) is 5.92. The summed E-state index contributed by atoms with van der Waals surface area (Å²) in [6, 6.07) is 0. The van der Waals surface area contributed by atoms with Gasteiger partial charge < -0.3 is 10.2 Å². The van der Waals surface area contributed by atoms with Gasteiger partial charge in [-0.2, -0.15) is 0 Å². The van der Waals surface area contributed by atoms with Crippen LogP contribution < -0.4 is 5.32 Å². The molecule has 0 rings (SSSR count). The quantitative estimate of drug-likeness (QED) is 0.534. The Hall–Kier alpha value is -0.0800. The number of hydrogen-bond acceptors (Lipinski definition) is 2. The summed E-state index contributed by atoms with van der Waals surface area (Å²) in [4.78, 5) is 0.567. The van der Waals surface area contributed by atoms with Gasteiger partial charge in [0, 0.05) is 8.22 Å². The van der Waals surface area contributed by atoms with E-state index >= 15 is 0 Å². The Morgan fingerprint density at radius 1 is 1.62 bits per heavy atom. The second-order valence-electron chi connectivity index (χ2n) is 1.61. The lowest BCUT2D eigenvalue weighted by atomic mass is 10.4. The Kier molecular flexibility index (Phi) is 1.44. The van der Waals surface area contributed by atoms with Crippen molar-refractivity contribution in [3.05, 3.63) is 0 Å². The van der Waals surface area contributed by atoms with Gasteiger partial charge in [0.1, 0.15) is 0 Å². The van der Waals surface area contributed by atoms with Crippen molar-refractivity contribution in [2.45, 2.75) is 6.42 Å². The molecular formula is C6H16N2. The number of nitrogens with one attached hydrogen (secondary N) is 1. The first kappa shape index (κ1) is 2.27. The van der Waals surface area contributed by atoms with Crippen LogP contribution in [0.5, 0.6) is 0 Å². The standard InChI is InChI=1S/C6H16N2/c1-7-5-4-6-8(2)3/h7H,4-6H2,1-3H3/i2D3,3D3. The molecule has 0 bridgehead atoms. The summed E-state index contributed by atoms with van der Waals surface area (Å²) in [6.45, 7) is -4.48. The van der Waals surface area contributed by atoms with Crippen molar-refractivity contribution in [3.63, 3.8) is 0 Å². The van der Waals surface area contributed by atoms with Gasteiger partial charge in [-0.3, -0.25) is 0 Å². The molecule has 50 valence electrons. The second-order valence-corrected chi connectivity index (χ2v) is 1.61. The zero-order chi connectivity index (χ0) is 11.4. The van der Waals surface area contributed by atoms with E-state index in [1.807, 2.05) is 0 Å². The SMILES string of the molecule is [2H]C([2H])([2H])N(CCCNC)C([2H])([2H])[2H]. The fourth-order valence-corrected chi connectivity index (χ4v) is 0.414. The van der Waals surface area contributed by atoms with Gasteiger partial charge in [-0.05, 0) is 40.5 Å². The van der Waals surface area contributed by atoms with Crippen LogP contribution in [0.3, 0.4) is 0 Å². The van der Waals surface area contributed by atoms with Crippen LogP contribution in [0.1, 0.15) is 14.6 Å². The van der Waals surface area contributed by atoms with Gasteiger partial charge in [-0.15, -0.1) is 0 Å². The summed E-state index contributed by atoms with van der Waals surface area (Å²) in [5.41, 5.74) is 0. The van der Waals surface area contributed by atoms with Gasteiger partial charge in [-0.25, -0.2) is 0 Å². The van der Waals surface area contributed by atoms with Crippen molar-refractivity contribution in [1.82, 2.24) is 10.2 Å². The summed E-state index contributed by atoms with van der Waals surface area (Å²) in [5, 5.41) is 2.83. The molecular weight excluding hydrogens is 100 g/mol. The maximum absolute atomic E-state index is 7.06. The third-order valence-electron chi connectivity index (χ3n) is 0.808. The van der Waals surface area contributed by atoms with Gasteiger partial charge in [-0.1, -0.05) is 0 Å². The van der Waals surface area contributed by atoms with Crippen molar-refractivity contribution in [2.24, 2.45) is 0 Å². The van der Waals surface area contributed by atoms with Gasteiger partial charge >= 0.3 is 0 Å². The van der Waals surface area contributed by atoms with Crippen molar-refractivity contribution in [2.75, 3.05) is 34.1 Å². The van der Waals surface area contributed by atoms with Crippen LogP contribution in [-0.2, 0) is 0 Å². The largest absolute Gasteiger partial charge is 0.320 e. The predicted octanol–water partition coefficient (Wildman–Crippen LogP) is 0.158. The molecule has 2 nitrogen and oxygen atoms in total. The van der Waals surface area contributed by atoms with Crippen molar-refractivity contribution >= 4 is 0 Å². The fourth-order valence-electron chi connectivity index (χ4n) is 0.414. The highest BCUT2D eigenvalue weighted by molar-refractivity contribution is 4.44. The van der Waals surface area contributed by atoms with Crippen LogP contribution in [0, 0.1) is 0 Å². The van der Waals surface area contributed by atoms with Crippen LogP contribution in [0.15, 0.2) is 0 Å². The molecule has 0 atom stereocenters. The van der Waals surface area contributed by atoms with E-state index in [1.54, 1.807) is 7.05 Å². The van der Waals surface area contributed by atoms with E-state index < -0.39 is 14.0 Å². The summed E-state index contributed by atoms with van der Waals surface area (Å²) in [5.74, 6) is 0. The minimum absolute atomic E-state index is 0.0356. The molecule has 0 aliphatic carbocycles. The zero-order valence-electron chi connectivity index (χ0n) is 11.1. The Balaban J connectivity index is 4.28. The van der Waals surface area contributed by atoms with Crippen LogP contribution in [-0.4, -0.2) is 39.0 Å². The smallest absolute Gasteiger partial charge is 0.0394 e. The van der Waals surface area contributed by atoms with Crippen LogP contribution in [0.25, 0.3) is 0 Å². The van der Waals surface area contributed by atoms with Gasteiger partial charge in [0.25, 0.3) is 0 Å². The van der Waals surface area contributed by atoms with Crippen molar-refractivity contribution < 1.29 is 8.22 Å². The van der Waals surface area contributed by atoms with Crippen molar-refractivity contribution in [3.8, 4) is 0 Å². The maximum atomic E-state index is 7.06. The highest BCUT2D eigenvalue weighted by Crippen LogP contribution is 1.78. The molecule has 8 heavy (non-hydrogen) atoms. The fraction of sp³-hybridized carbons (Fsp3) is 1.00. The molecule has 0 spiro atoms. The average Bonchev–Trinajstić information content (AvgIpc) is 1.92.